The van der Waals surface area contributed by atoms with E-state index in [0.717, 1.165) is 43.5 Å². The molecule has 7 nitrogen and oxygen atoms in total. The number of hydrogen-bond acceptors (Lipinski definition) is 5. The van der Waals surface area contributed by atoms with Crippen molar-refractivity contribution in [3.05, 3.63) is 81.1 Å². The summed E-state index contributed by atoms with van der Waals surface area (Å²) in [5.74, 6) is -0.513. The fraction of sp³-hybridized carbons (Fsp3) is 0.308. The van der Waals surface area contributed by atoms with Gasteiger partial charge in [0.05, 0.1) is 21.9 Å². The summed E-state index contributed by atoms with van der Waals surface area (Å²) in [6.07, 6.45) is 4.20. The summed E-state index contributed by atoms with van der Waals surface area (Å²) in [7, 11) is 0. The Hall–Kier alpha value is -3.04. The van der Waals surface area contributed by atoms with Gasteiger partial charge in [0, 0.05) is 36.3 Å². The van der Waals surface area contributed by atoms with E-state index >= 15 is 0 Å². The smallest absolute Gasteiger partial charge is 0.339 e. The fourth-order valence-corrected chi connectivity index (χ4v) is 4.73. The molecule has 6 N–H and O–H groups in total. The molecule has 1 aliphatic heterocycles. The average Bonchev–Trinajstić information content (AvgIpc) is 3.21. The Bertz CT molecular complexity index is 1440. The summed E-state index contributed by atoms with van der Waals surface area (Å²) in [5, 5.41) is 3.92. The van der Waals surface area contributed by atoms with Crippen molar-refractivity contribution in [2.45, 2.75) is 37.8 Å². The minimum Gasteiger partial charge on any atom is -0.339 e. The maximum absolute atomic E-state index is 15.0. The lowest BCUT2D eigenvalue weighted by Crippen LogP contribution is -2.62. The Labute approximate surface area is 207 Å². The van der Waals surface area contributed by atoms with Gasteiger partial charge in [-0.1, -0.05) is 23.7 Å². The molecule has 1 aliphatic rings. The zero-order valence-electron chi connectivity index (χ0n) is 19.4. The first-order valence-electron chi connectivity index (χ1n) is 11.7. The molecule has 0 radical (unpaired) electrons. The van der Waals surface area contributed by atoms with E-state index in [1.54, 1.807) is 24.4 Å². The van der Waals surface area contributed by atoms with Crippen LogP contribution in [-0.4, -0.2) is 33.7 Å². The largest absolute Gasteiger partial charge is 0.354 e. The molecule has 5 rings (SSSR count). The topological polar surface area (TPSA) is 115 Å². The number of hydrogen-bond donors (Lipinski definition) is 4. The van der Waals surface area contributed by atoms with E-state index in [-0.39, 0.29) is 16.6 Å². The van der Waals surface area contributed by atoms with Crippen LogP contribution in [0.2, 0.25) is 5.02 Å². The first-order chi connectivity index (χ1) is 16.7. The maximum atomic E-state index is 15.0. The zero-order chi connectivity index (χ0) is 24.7. The number of benzene rings is 2. The van der Waals surface area contributed by atoms with Crippen LogP contribution >= 0.6 is 11.6 Å². The Morgan fingerprint density at radius 3 is 2.63 bits per heavy atom. The molecule has 1 fully saturated rings. The zero-order valence-corrected chi connectivity index (χ0v) is 20.2. The van der Waals surface area contributed by atoms with Crippen LogP contribution in [0, 0.1) is 5.82 Å². The van der Waals surface area contributed by atoms with Crippen LogP contribution in [0.3, 0.4) is 0 Å². The van der Waals surface area contributed by atoms with Gasteiger partial charge in [-0.2, -0.15) is 4.98 Å². The van der Waals surface area contributed by atoms with Crippen molar-refractivity contribution in [1.29, 1.82) is 0 Å². The van der Waals surface area contributed by atoms with Crippen molar-refractivity contribution in [2.24, 2.45) is 11.5 Å². The predicted octanol–water partition coefficient (Wildman–Crippen LogP) is 3.60. The molecule has 0 amide bonds. The van der Waals surface area contributed by atoms with Crippen LogP contribution in [0.5, 0.6) is 0 Å². The summed E-state index contributed by atoms with van der Waals surface area (Å²) in [5.41, 5.74) is 15.3. The van der Waals surface area contributed by atoms with Gasteiger partial charge in [-0.05, 0) is 67.6 Å². The van der Waals surface area contributed by atoms with E-state index < -0.39 is 11.5 Å². The molecule has 182 valence electrons. The van der Waals surface area contributed by atoms with Crippen LogP contribution in [0.4, 0.5) is 4.39 Å². The predicted molar refractivity (Wildman–Crippen MR) is 137 cm³/mol. The summed E-state index contributed by atoms with van der Waals surface area (Å²) >= 11 is 6.20. The second kappa shape index (κ2) is 9.20. The van der Waals surface area contributed by atoms with Gasteiger partial charge in [0.15, 0.2) is 5.82 Å². The number of aromatic amines is 1. The second-order valence-electron chi connectivity index (χ2n) is 9.50. The van der Waals surface area contributed by atoms with E-state index in [9.17, 15) is 9.18 Å². The third kappa shape index (κ3) is 4.62. The number of nitrogens with zero attached hydrogens (tertiary/aromatic N) is 2. The van der Waals surface area contributed by atoms with Crippen molar-refractivity contribution in [2.75, 3.05) is 13.1 Å². The molecule has 0 aliphatic carbocycles. The highest BCUT2D eigenvalue weighted by Crippen LogP contribution is 2.31. The number of aryl methyl sites for hydroxylation is 1. The number of rotatable bonds is 7. The monoisotopic (exact) mass is 494 g/mol. The minimum atomic E-state index is -0.513. The van der Waals surface area contributed by atoms with Gasteiger partial charge < -0.3 is 21.8 Å². The SMILES string of the molecule is C[C@H](N)CCCc1cc(Cl)c(F)c(-c2cc3cn(-c4ccc(C5(N)CNC5)cc4)c(=O)nc3[nH]2)c1. The molecule has 9 heteroatoms. The molecule has 0 unspecified atom stereocenters. The van der Waals surface area contributed by atoms with E-state index in [1.807, 2.05) is 31.2 Å². The minimum absolute atomic E-state index is 0.0592. The van der Waals surface area contributed by atoms with Crippen LogP contribution in [-0.2, 0) is 12.0 Å². The highest BCUT2D eigenvalue weighted by molar-refractivity contribution is 6.31. The fourth-order valence-electron chi connectivity index (χ4n) is 4.49. The quantitative estimate of drug-likeness (QED) is 0.313. The molecule has 0 saturated carbocycles. The molecule has 3 heterocycles. The number of aromatic nitrogens is 3. The summed E-state index contributed by atoms with van der Waals surface area (Å²) in [4.78, 5) is 20.0. The van der Waals surface area contributed by atoms with Gasteiger partial charge in [-0.25, -0.2) is 9.18 Å². The molecular formula is C26H28ClFN6O. The lowest BCUT2D eigenvalue weighted by molar-refractivity contribution is 0.287. The third-order valence-corrected chi connectivity index (χ3v) is 6.89. The van der Waals surface area contributed by atoms with Crippen molar-refractivity contribution in [1.82, 2.24) is 19.9 Å². The Morgan fingerprint density at radius 2 is 1.97 bits per heavy atom. The average molecular weight is 495 g/mol. The van der Waals surface area contributed by atoms with Gasteiger partial charge in [0.1, 0.15) is 5.65 Å². The molecule has 0 spiro atoms. The van der Waals surface area contributed by atoms with E-state index in [1.165, 1.54) is 4.57 Å². The number of nitrogens with one attached hydrogen (secondary N) is 2. The highest BCUT2D eigenvalue weighted by Gasteiger charge is 2.34. The van der Waals surface area contributed by atoms with Crippen LogP contribution < -0.4 is 22.5 Å². The lowest BCUT2D eigenvalue weighted by atomic mass is 9.85. The summed E-state index contributed by atoms with van der Waals surface area (Å²) in [6, 6.07) is 12.9. The number of H-pyrrole nitrogens is 1. The number of nitrogens with two attached hydrogens (primary N) is 2. The van der Waals surface area contributed by atoms with Crippen molar-refractivity contribution in [3.63, 3.8) is 0 Å². The van der Waals surface area contributed by atoms with Gasteiger partial charge in [0.2, 0.25) is 0 Å². The van der Waals surface area contributed by atoms with Gasteiger partial charge in [0.25, 0.3) is 0 Å². The summed E-state index contributed by atoms with van der Waals surface area (Å²) in [6.45, 7) is 3.41. The Morgan fingerprint density at radius 1 is 1.23 bits per heavy atom. The van der Waals surface area contributed by atoms with Crippen molar-refractivity contribution >= 4 is 22.6 Å². The molecular weight excluding hydrogens is 467 g/mol. The van der Waals surface area contributed by atoms with Crippen molar-refractivity contribution in [3.8, 4) is 16.9 Å². The second-order valence-corrected chi connectivity index (χ2v) is 9.90. The van der Waals surface area contributed by atoms with Gasteiger partial charge in [-0.3, -0.25) is 4.57 Å². The van der Waals surface area contributed by atoms with Crippen LogP contribution in [0.25, 0.3) is 28.0 Å². The number of fused-ring (bicyclic) bond motifs is 1. The van der Waals surface area contributed by atoms with E-state index in [0.29, 0.717) is 28.0 Å². The molecule has 0 bridgehead atoms. The molecule has 1 atom stereocenters. The first kappa shape index (κ1) is 23.7. The Balaban J connectivity index is 1.48. The lowest BCUT2D eigenvalue weighted by Gasteiger charge is -2.39. The normalized spacial score (nSPS) is 15.8. The maximum Gasteiger partial charge on any atom is 0.354 e. The number of halogens is 2. The van der Waals surface area contributed by atoms with Gasteiger partial charge in [-0.15, -0.1) is 0 Å². The molecule has 35 heavy (non-hydrogen) atoms. The molecule has 1 saturated heterocycles. The summed E-state index contributed by atoms with van der Waals surface area (Å²) < 4.78 is 16.4. The Kier molecular flexibility index (Phi) is 6.23. The van der Waals surface area contributed by atoms with Crippen molar-refractivity contribution < 1.29 is 4.39 Å². The van der Waals surface area contributed by atoms with Crippen LogP contribution in [0.1, 0.15) is 30.9 Å². The molecule has 2 aromatic heterocycles. The molecule has 2 aromatic carbocycles. The van der Waals surface area contributed by atoms with Gasteiger partial charge >= 0.3 is 5.69 Å². The molecule has 4 aromatic rings. The third-order valence-electron chi connectivity index (χ3n) is 6.61. The van der Waals surface area contributed by atoms with E-state index in [4.69, 9.17) is 23.1 Å². The highest BCUT2D eigenvalue weighted by atomic mass is 35.5. The first-order valence-corrected chi connectivity index (χ1v) is 12.1. The van der Waals surface area contributed by atoms with Crippen LogP contribution in [0.15, 0.2) is 53.5 Å². The standard InChI is InChI=1S/C26H28ClFN6O/c1-15(29)3-2-4-16-9-20(23(28)21(27)10-16)22-11-17-12-34(25(35)33-24(17)32-22)19-7-5-18(6-8-19)26(30)13-31-14-26/h5-12,15,31H,2-4,13-14,29-30H2,1H3,(H,32,33,35)/t15-/m0/s1. The van der Waals surface area contributed by atoms with E-state index in [2.05, 4.69) is 15.3 Å².